The fourth-order valence-electron chi connectivity index (χ4n) is 1.39. The molecule has 0 atom stereocenters. The molecular formula is C10H13BrClNO5S2. The number of ether oxygens (including phenoxy) is 1. The number of hydrogen-bond donors (Lipinski definition) is 1. The van der Waals surface area contributed by atoms with E-state index in [9.17, 15) is 16.8 Å². The Labute approximate surface area is 131 Å². The molecule has 1 rings (SSSR count). The summed E-state index contributed by atoms with van der Waals surface area (Å²) in [5, 5.41) is 0. The maximum Gasteiger partial charge on any atom is 0.262 e. The van der Waals surface area contributed by atoms with Crippen LogP contribution in [0, 0.1) is 0 Å². The number of anilines is 1. The minimum Gasteiger partial charge on any atom is -0.385 e. The third kappa shape index (κ3) is 5.57. The van der Waals surface area contributed by atoms with E-state index in [2.05, 4.69) is 20.7 Å². The summed E-state index contributed by atoms with van der Waals surface area (Å²) < 4.78 is 53.2. The zero-order chi connectivity index (χ0) is 15.4. The number of nitrogens with one attached hydrogen (secondary N) is 1. The molecule has 0 saturated carbocycles. The molecule has 114 valence electrons. The predicted molar refractivity (Wildman–Crippen MR) is 81.1 cm³/mol. The molecule has 1 aromatic rings. The first-order chi connectivity index (χ1) is 9.15. The van der Waals surface area contributed by atoms with E-state index in [4.69, 9.17) is 15.4 Å². The zero-order valence-electron chi connectivity index (χ0n) is 10.5. The van der Waals surface area contributed by atoms with E-state index >= 15 is 0 Å². The number of benzene rings is 1. The van der Waals surface area contributed by atoms with Gasteiger partial charge in [-0.25, -0.2) is 16.8 Å². The molecule has 0 spiro atoms. The number of methoxy groups -OCH3 is 1. The van der Waals surface area contributed by atoms with Crippen LogP contribution in [-0.2, 0) is 23.8 Å². The topological polar surface area (TPSA) is 89.5 Å². The average molecular weight is 407 g/mol. The summed E-state index contributed by atoms with van der Waals surface area (Å²) in [6.07, 6.45) is 0.362. The van der Waals surface area contributed by atoms with E-state index in [1.54, 1.807) is 0 Å². The van der Waals surface area contributed by atoms with Gasteiger partial charge in [0.15, 0.2) is 0 Å². The molecule has 20 heavy (non-hydrogen) atoms. The van der Waals surface area contributed by atoms with Gasteiger partial charge in [0.25, 0.3) is 9.05 Å². The van der Waals surface area contributed by atoms with E-state index in [1.807, 2.05) is 0 Å². The molecule has 0 unspecified atom stereocenters. The fraction of sp³-hybridized carbons (Fsp3) is 0.400. The highest BCUT2D eigenvalue weighted by Crippen LogP contribution is 2.28. The van der Waals surface area contributed by atoms with Gasteiger partial charge in [0.1, 0.15) is 0 Å². The third-order valence-electron chi connectivity index (χ3n) is 2.23. The molecule has 0 aliphatic rings. The van der Waals surface area contributed by atoms with Crippen LogP contribution in [0.3, 0.4) is 0 Å². The Hall–Kier alpha value is -0.350. The maximum atomic E-state index is 11.7. The van der Waals surface area contributed by atoms with Crippen LogP contribution in [0.5, 0.6) is 0 Å². The molecule has 0 aromatic heterocycles. The van der Waals surface area contributed by atoms with Crippen LogP contribution in [0.25, 0.3) is 0 Å². The average Bonchev–Trinajstić information content (AvgIpc) is 2.26. The van der Waals surface area contributed by atoms with Crippen molar-refractivity contribution in [3.05, 3.63) is 22.7 Å². The van der Waals surface area contributed by atoms with Gasteiger partial charge in [-0.2, -0.15) is 0 Å². The predicted octanol–water partition coefficient (Wildman–Crippen LogP) is 2.15. The molecule has 0 aliphatic heterocycles. The standard InChI is InChI=1S/C10H13BrClNO5S2/c1-18-5-2-6-19(14,15)13-8-3-4-10(9(11)7-8)20(12,16)17/h3-4,7,13H,2,5-6H2,1H3. The first-order valence-corrected chi connectivity index (χ1v) is 10.1. The van der Waals surface area contributed by atoms with Crippen molar-refractivity contribution in [3.8, 4) is 0 Å². The van der Waals surface area contributed by atoms with Gasteiger partial charge < -0.3 is 4.74 Å². The van der Waals surface area contributed by atoms with E-state index in [0.717, 1.165) is 0 Å². The number of sulfonamides is 1. The van der Waals surface area contributed by atoms with Crippen molar-refractivity contribution >= 4 is 51.4 Å². The first-order valence-electron chi connectivity index (χ1n) is 5.39. The maximum absolute atomic E-state index is 11.7. The SMILES string of the molecule is COCCCS(=O)(=O)Nc1ccc(S(=O)(=O)Cl)c(Br)c1. The van der Waals surface area contributed by atoms with Crippen molar-refractivity contribution in [2.24, 2.45) is 0 Å². The lowest BCUT2D eigenvalue weighted by Crippen LogP contribution is -2.17. The van der Waals surface area contributed by atoms with Crippen molar-refractivity contribution in [1.82, 2.24) is 0 Å². The van der Waals surface area contributed by atoms with Gasteiger partial charge in [-0.1, -0.05) is 0 Å². The summed E-state index contributed by atoms with van der Waals surface area (Å²) >= 11 is 3.04. The highest BCUT2D eigenvalue weighted by Gasteiger charge is 2.16. The summed E-state index contributed by atoms with van der Waals surface area (Å²) in [7, 11) is -0.673. The van der Waals surface area contributed by atoms with Gasteiger partial charge in [0.05, 0.1) is 10.6 Å². The van der Waals surface area contributed by atoms with Crippen molar-refractivity contribution < 1.29 is 21.6 Å². The Balaban J connectivity index is 2.87. The lowest BCUT2D eigenvalue weighted by atomic mass is 10.3. The van der Waals surface area contributed by atoms with Crippen LogP contribution in [0.2, 0.25) is 0 Å². The molecule has 0 radical (unpaired) electrons. The quantitative estimate of drug-likeness (QED) is 0.553. The Morgan fingerprint density at radius 2 is 1.95 bits per heavy atom. The number of rotatable bonds is 7. The molecule has 0 saturated heterocycles. The third-order valence-corrected chi connectivity index (χ3v) is 5.90. The molecule has 0 bridgehead atoms. The van der Waals surface area contributed by atoms with Crippen LogP contribution >= 0.6 is 26.6 Å². The lowest BCUT2D eigenvalue weighted by molar-refractivity contribution is 0.199. The van der Waals surface area contributed by atoms with Crippen molar-refractivity contribution in [1.29, 1.82) is 0 Å². The van der Waals surface area contributed by atoms with Gasteiger partial charge in [-0.3, -0.25) is 4.72 Å². The van der Waals surface area contributed by atoms with Crippen molar-refractivity contribution in [2.45, 2.75) is 11.3 Å². The summed E-state index contributed by atoms with van der Waals surface area (Å²) in [4.78, 5) is -0.124. The van der Waals surface area contributed by atoms with E-state index in [-0.39, 0.29) is 20.8 Å². The highest BCUT2D eigenvalue weighted by atomic mass is 79.9. The van der Waals surface area contributed by atoms with Gasteiger partial charge in [0, 0.05) is 34.6 Å². The minimum absolute atomic E-state index is 0.0893. The molecule has 1 N–H and O–H groups in total. The zero-order valence-corrected chi connectivity index (χ0v) is 14.4. The highest BCUT2D eigenvalue weighted by molar-refractivity contribution is 9.10. The minimum atomic E-state index is -3.88. The summed E-state index contributed by atoms with van der Waals surface area (Å²) in [6, 6.07) is 3.89. The Kier molecular flexibility index (Phi) is 6.26. The van der Waals surface area contributed by atoms with Crippen molar-refractivity contribution in [2.75, 3.05) is 24.2 Å². The van der Waals surface area contributed by atoms with Crippen molar-refractivity contribution in [3.63, 3.8) is 0 Å². The Bertz CT molecular complexity index is 675. The summed E-state index contributed by atoms with van der Waals surface area (Å²) in [5.41, 5.74) is 0.248. The summed E-state index contributed by atoms with van der Waals surface area (Å²) in [6.45, 7) is 0.341. The largest absolute Gasteiger partial charge is 0.385 e. The summed E-state index contributed by atoms with van der Waals surface area (Å²) in [5.74, 6) is -0.0893. The second-order valence-corrected chi connectivity index (χ2v) is 9.08. The van der Waals surface area contributed by atoms with E-state index in [0.29, 0.717) is 13.0 Å². The smallest absolute Gasteiger partial charge is 0.262 e. The van der Waals surface area contributed by atoms with E-state index < -0.39 is 19.1 Å². The van der Waals surface area contributed by atoms with Crippen LogP contribution in [0.15, 0.2) is 27.6 Å². The van der Waals surface area contributed by atoms with Crippen LogP contribution in [-0.4, -0.2) is 36.3 Å². The molecule has 0 amide bonds. The first kappa shape index (κ1) is 17.7. The molecule has 0 heterocycles. The van der Waals surface area contributed by atoms with E-state index in [1.165, 1.54) is 25.3 Å². The van der Waals surface area contributed by atoms with Crippen LogP contribution in [0.1, 0.15) is 6.42 Å². The Morgan fingerprint density at radius 3 is 2.45 bits per heavy atom. The fourth-order valence-corrected chi connectivity index (χ4v) is 4.70. The number of hydrogen-bond acceptors (Lipinski definition) is 5. The molecule has 0 fully saturated rings. The number of halogens is 2. The van der Waals surface area contributed by atoms with Gasteiger partial charge >= 0.3 is 0 Å². The Morgan fingerprint density at radius 1 is 1.30 bits per heavy atom. The molecule has 6 nitrogen and oxygen atoms in total. The normalized spacial score (nSPS) is 12.3. The van der Waals surface area contributed by atoms with Crippen LogP contribution in [0.4, 0.5) is 5.69 Å². The van der Waals surface area contributed by atoms with Crippen LogP contribution < -0.4 is 4.72 Å². The van der Waals surface area contributed by atoms with Gasteiger partial charge in [-0.15, -0.1) is 0 Å². The molecular weight excluding hydrogens is 394 g/mol. The monoisotopic (exact) mass is 405 g/mol. The van der Waals surface area contributed by atoms with Gasteiger partial charge in [-0.05, 0) is 40.5 Å². The molecule has 10 heteroatoms. The van der Waals surface area contributed by atoms with Gasteiger partial charge in [0.2, 0.25) is 10.0 Å². The molecule has 0 aliphatic carbocycles. The lowest BCUT2D eigenvalue weighted by Gasteiger charge is -2.09. The second-order valence-electron chi connectivity index (χ2n) is 3.85. The second kappa shape index (κ2) is 7.08. The molecule has 1 aromatic carbocycles.